The molecule has 0 N–H and O–H groups in total. The van der Waals surface area contributed by atoms with Gasteiger partial charge in [-0.3, -0.25) is 9.97 Å². The number of rotatable bonds is 9. The van der Waals surface area contributed by atoms with Crippen molar-refractivity contribution in [1.82, 2.24) is 9.97 Å². The molecule has 2 nitrogen and oxygen atoms in total. The summed E-state index contributed by atoms with van der Waals surface area (Å²) in [6.45, 7) is 9.49. The first kappa shape index (κ1) is 35.4. The molecule has 0 spiro atoms. The highest BCUT2D eigenvalue weighted by atomic mass is 14.7. The van der Waals surface area contributed by atoms with Gasteiger partial charge in [0.1, 0.15) is 0 Å². The zero-order chi connectivity index (χ0) is 37.1. The Hall–Kier alpha value is -5.60. The van der Waals surface area contributed by atoms with Crippen molar-refractivity contribution in [3.8, 4) is 55.9 Å². The Bertz CT molecular complexity index is 2340. The van der Waals surface area contributed by atoms with Gasteiger partial charge in [-0.2, -0.15) is 0 Å². The van der Waals surface area contributed by atoms with E-state index in [-0.39, 0.29) is 5.41 Å². The number of aromatic nitrogens is 2. The van der Waals surface area contributed by atoms with Crippen molar-refractivity contribution in [1.29, 1.82) is 0 Å². The second-order valence-corrected chi connectivity index (χ2v) is 16.5. The first-order valence-corrected chi connectivity index (χ1v) is 19.6. The normalized spacial score (nSPS) is 14.8. The lowest BCUT2D eigenvalue weighted by atomic mass is 9.63. The number of aryl methyl sites for hydroxylation is 3. The van der Waals surface area contributed by atoms with Gasteiger partial charge >= 0.3 is 0 Å². The minimum absolute atomic E-state index is 0.272. The van der Waals surface area contributed by atoms with E-state index in [4.69, 9.17) is 4.98 Å². The molecule has 0 bridgehead atoms. The first-order chi connectivity index (χ1) is 26.2. The summed E-state index contributed by atoms with van der Waals surface area (Å²) in [6, 6.07) is 53.3. The fourth-order valence-electron chi connectivity index (χ4n) is 8.23. The molecule has 0 radical (unpaired) electrons. The van der Waals surface area contributed by atoms with Crippen LogP contribution in [0.3, 0.4) is 0 Å². The highest BCUT2D eigenvalue weighted by Crippen LogP contribution is 2.46. The minimum Gasteiger partial charge on any atom is -0.256 e. The van der Waals surface area contributed by atoms with Crippen LogP contribution in [0.15, 0.2) is 158 Å². The van der Waals surface area contributed by atoms with E-state index in [2.05, 4.69) is 166 Å². The molecule has 7 aromatic rings. The fraction of sp³-hybridized carbons (Fsp3) is 0.231. The molecular weight excluding hydrogens is 653 g/mol. The summed E-state index contributed by atoms with van der Waals surface area (Å²) >= 11 is 0. The Morgan fingerprint density at radius 3 is 1.74 bits per heavy atom. The van der Waals surface area contributed by atoms with Crippen LogP contribution in [-0.2, 0) is 18.3 Å². The molecule has 0 amide bonds. The molecule has 5 aromatic carbocycles. The Labute approximate surface area is 322 Å². The van der Waals surface area contributed by atoms with Gasteiger partial charge in [0.15, 0.2) is 0 Å². The SMILES string of the molecule is Cc1cc(CCc2ccc(-c3ccccn3)cc2)cc(-c2ccccc2-c2ccc(-c3cc(-c4ccc(C5(C)CCC(C)(C)CC5)cc4)ccn3)cc2)c1. The summed E-state index contributed by atoms with van der Waals surface area (Å²) in [4.78, 5) is 9.29. The van der Waals surface area contributed by atoms with Crippen LogP contribution >= 0.6 is 0 Å². The van der Waals surface area contributed by atoms with E-state index >= 15 is 0 Å². The Morgan fingerprint density at radius 2 is 1.04 bits per heavy atom. The van der Waals surface area contributed by atoms with E-state index in [1.165, 1.54) is 81.3 Å². The number of benzene rings is 5. The van der Waals surface area contributed by atoms with Crippen molar-refractivity contribution >= 4 is 0 Å². The minimum atomic E-state index is 0.272. The maximum absolute atomic E-state index is 4.79. The van der Waals surface area contributed by atoms with Crippen molar-refractivity contribution < 1.29 is 0 Å². The molecule has 1 aliphatic carbocycles. The van der Waals surface area contributed by atoms with E-state index < -0.39 is 0 Å². The molecule has 1 fully saturated rings. The van der Waals surface area contributed by atoms with Gasteiger partial charge in [-0.1, -0.05) is 148 Å². The highest BCUT2D eigenvalue weighted by molar-refractivity contribution is 5.85. The average Bonchev–Trinajstić information content (AvgIpc) is 3.22. The summed E-state index contributed by atoms with van der Waals surface area (Å²) in [7, 11) is 0. The standard InChI is InChI=1S/C52H50N2/c1-37-33-39(13-12-38-14-16-42(17-15-38)49-11-7-8-31-53-49)35-45(34-37)48-10-6-5-9-47(48)41-18-20-43(21-19-41)50-36-44(26-32-54-50)40-22-24-46(25-23-40)52(4)29-27-51(2,3)28-30-52/h5-11,14-26,31-36H,12-13,27-30H2,1-4H3. The molecule has 2 aromatic heterocycles. The van der Waals surface area contributed by atoms with Crippen LogP contribution in [0.5, 0.6) is 0 Å². The topological polar surface area (TPSA) is 25.8 Å². The molecule has 0 saturated heterocycles. The maximum atomic E-state index is 4.79. The molecule has 0 unspecified atom stereocenters. The Balaban J connectivity index is 0.980. The zero-order valence-corrected chi connectivity index (χ0v) is 32.1. The molecule has 1 aliphatic rings. The van der Waals surface area contributed by atoms with Gasteiger partial charge < -0.3 is 0 Å². The van der Waals surface area contributed by atoms with Gasteiger partial charge in [0, 0.05) is 23.5 Å². The van der Waals surface area contributed by atoms with Crippen molar-refractivity contribution in [2.24, 2.45) is 5.41 Å². The van der Waals surface area contributed by atoms with Crippen molar-refractivity contribution in [2.45, 2.75) is 71.6 Å². The van der Waals surface area contributed by atoms with Crippen LogP contribution in [0, 0.1) is 12.3 Å². The van der Waals surface area contributed by atoms with Gasteiger partial charge in [0.05, 0.1) is 11.4 Å². The van der Waals surface area contributed by atoms with Crippen LogP contribution in [0.2, 0.25) is 0 Å². The van der Waals surface area contributed by atoms with E-state index in [1.54, 1.807) is 0 Å². The molecule has 1 saturated carbocycles. The van der Waals surface area contributed by atoms with Gasteiger partial charge in [0.25, 0.3) is 0 Å². The Morgan fingerprint density at radius 1 is 0.444 bits per heavy atom. The lowest BCUT2D eigenvalue weighted by Gasteiger charge is -2.42. The molecule has 2 heterocycles. The van der Waals surface area contributed by atoms with E-state index in [0.29, 0.717) is 5.41 Å². The lowest BCUT2D eigenvalue weighted by Crippen LogP contribution is -2.32. The third-order valence-electron chi connectivity index (χ3n) is 11.9. The largest absolute Gasteiger partial charge is 0.256 e. The second kappa shape index (κ2) is 15.0. The second-order valence-electron chi connectivity index (χ2n) is 16.5. The molecule has 268 valence electrons. The summed E-state index contributed by atoms with van der Waals surface area (Å²) in [5, 5.41) is 0. The first-order valence-electron chi connectivity index (χ1n) is 19.6. The summed E-state index contributed by atoms with van der Waals surface area (Å²) in [5.41, 5.74) is 17.9. The summed E-state index contributed by atoms with van der Waals surface area (Å²) in [6.07, 6.45) is 10.9. The van der Waals surface area contributed by atoms with Crippen LogP contribution in [0.25, 0.3) is 55.9 Å². The van der Waals surface area contributed by atoms with Crippen LogP contribution in [0.4, 0.5) is 0 Å². The summed E-state index contributed by atoms with van der Waals surface area (Å²) < 4.78 is 0. The van der Waals surface area contributed by atoms with E-state index in [9.17, 15) is 0 Å². The average molecular weight is 703 g/mol. The monoisotopic (exact) mass is 702 g/mol. The zero-order valence-electron chi connectivity index (χ0n) is 32.1. The lowest BCUT2D eigenvalue weighted by molar-refractivity contribution is 0.173. The highest BCUT2D eigenvalue weighted by Gasteiger charge is 2.35. The smallest absolute Gasteiger partial charge is 0.0708 e. The predicted molar refractivity (Wildman–Crippen MR) is 227 cm³/mol. The fourth-order valence-corrected chi connectivity index (χ4v) is 8.23. The third kappa shape index (κ3) is 7.85. The van der Waals surface area contributed by atoms with Crippen LogP contribution in [-0.4, -0.2) is 9.97 Å². The molecule has 8 rings (SSSR count). The molecule has 54 heavy (non-hydrogen) atoms. The van der Waals surface area contributed by atoms with Crippen LogP contribution < -0.4 is 0 Å². The van der Waals surface area contributed by atoms with Crippen molar-refractivity contribution in [3.05, 3.63) is 180 Å². The Kier molecular flexibility index (Phi) is 9.86. The predicted octanol–water partition coefficient (Wildman–Crippen LogP) is 13.8. The van der Waals surface area contributed by atoms with Crippen molar-refractivity contribution in [3.63, 3.8) is 0 Å². The van der Waals surface area contributed by atoms with Crippen LogP contribution in [0.1, 0.15) is 68.7 Å². The number of hydrogen-bond donors (Lipinski definition) is 0. The van der Waals surface area contributed by atoms with Gasteiger partial charge in [-0.05, 0) is 131 Å². The van der Waals surface area contributed by atoms with E-state index in [1.807, 2.05) is 24.5 Å². The number of nitrogens with zero attached hydrogens (tertiary/aromatic N) is 2. The molecule has 0 atom stereocenters. The number of pyridine rings is 2. The molecule has 0 aliphatic heterocycles. The van der Waals surface area contributed by atoms with Gasteiger partial charge in [-0.15, -0.1) is 0 Å². The van der Waals surface area contributed by atoms with Gasteiger partial charge in [0.2, 0.25) is 0 Å². The number of hydrogen-bond acceptors (Lipinski definition) is 2. The third-order valence-corrected chi connectivity index (χ3v) is 11.9. The van der Waals surface area contributed by atoms with E-state index in [0.717, 1.165) is 35.4 Å². The summed E-state index contributed by atoms with van der Waals surface area (Å²) in [5.74, 6) is 0. The van der Waals surface area contributed by atoms with Crippen molar-refractivity contribution in [2.75, 3.05) is 0 Å². The maximum Gasteiger partial charge on any atom is 0.0708 e. The molecule has 2 heteroatoms. The molecular formula is C52H50N2. The van der Waals surface area contributed by atoms with Gasteiger partial charge in [-0.25, -0.2) is 0 Å². The quantitative estimate of drug-likeness (QED) is 0.150.